The molecule has 1 aromatic heterocycles. The van der Waals surface area contributed by atoms with Gasteiger partial charge in [-0.05, 0) is 36.6 Å². The van der Waals surface area contributed by atoms with Gasteiger partial charge in [0.25, 0.3) is 0 Å². The minimum atomic E-state index is 0.279. The van der Waals surface area contributed by atoms with Crippen LogP contribution in [0.25, 0.3) is 22.9 Å². The van der Waals surface area contributed by atoms with Gasteiger partial charge < -0.3 is 9.52 Å². The van der Waals surface area contributed by atoms with Crippen molar-refractivity contribution in [2.24, 2.45) is 0 Å². The minimum Gasteiger partial charge on any atom is -0.508 e. The van der Waals surface area contributed by atoms with Crippen molar-refractivity contribution in [3.8, 4) is 5.75 Å². The minimum absolute atomic E-state index is 0.279. The molecule has 1 saturated carbocycles. The van der Waals surface area contributed by atoms with Gasteiger partial charge in [-0.15, -0.1) is 0 Å². The highest BCUT2D eigenvalue weighted by Crippen LogP contribution is 2.29. The van der Waals surface area contributed by atoms with Gasteiger partial charge in [0, 0.05) is 10.8 Å². The van der Waals surface area contributed by atoms with Gasteiger partial charge in [0.1, 0.15) is 16.6 Å². The largest absolute Gasteiger partial charge is 0.508 e. The van der Waals surface area contributed by atoms with E-state index in [-0.39, 0.29) is 5.75 Å². The molecule has 0 bridgehead atoms. The maximum atomic E-state index is 9.39. The van der Waals surface area contributed by atoms with E-state index in [4.69, 9.17) is 4.42 Å². The third kappa shape index (κ3) is 0.970. The van der Waals surface area contributed by atoms with Crippen molar-refractivity contribution in [1.29, 1.82) is 0 Å². The Morgan fingerprint density at radius 1 is 1.21 bits per heavy atom. The number of hydrogen-bond donors (Lipinski definition) is 1. The van der Waals surface area contributed by atoms with Crippen LogP contribution in [-0.4, -0.2) is 5.11 Å². The average molecular weight is 186 g/mol. The van der Waals surface area contributed by atoms with E-state index >= 15 is 0 Å². The SMILES string of the molecule is C=c1oc(=C2CC2)c2cc(O)ccc12. The van der Waals surface area contributed by atoms with E-state index in [0.717, 1.165) is 29.0 Å². The highest BCUT2D eigenvalue weighted by atomic mass is 16.3. The van der Waals surface area contributed by atoms with Gasteiger partial charge in [-0.25, -0.2) is 0 Å². The first-order chi connectivity index (χ1) is 6.75. The molecule has 1 N–H and O–H groups in total. The van der Waals surface area contributed by atoms with Crippen molar-refractivity contribution in [3.05, 3.63) is 29.0 Å². The van der Waals surface area contributed by atoms with E-state index in [1.165, 1.54) is 5.57 Å². The molecule has 0 spiro atoms. The van der Waals surface area contributed by atoms with Crippen LogP contribution in [0.3, 0.4) is 0 Å². The Hall–Kier alpha value is -1.70. The number of aromatic hydroxyl groups is 1. The number of phenolic OH excluding ortho intramolecular Hbond substituents is 1. The lowest BCUT2D eigenvalue weighted by Crippen LogP contribution is -1.97. The molecule has 3 rings (SSSR count). The molecule has 2 aromatic rings. The Balaban J connectivity index is 2.59. The summed E-state index contributed by atoms with van der Waals surface area (Å²) in [6, 6.07) is 5.25. The Morgan fingerprint density at radius 3 is 2.71 bits per heavy atom. The molecule has 0 amide bonds. The van der Waals surface area contributed by atoms with E-state index in [0.29, 0.717) is 5.42 Å². The molecule has 2 nitrogen and oxygen atoms in total. The van der Waals surface area contributed by atoms with Crippen LogP contribution >= 0.6 is 0 Å². The highest BCUT2D eigenvalue weighted by molar-refractivity contribution is 5.86. The Kier molecular flexibility index (Phi) is 1.32. The fraction of sp³-hybridized carbons (Fsp3) is 0.167. The Morgan fingerprint density at radius 2 is 2.00 bits per heavy atom. The first-order valence-corrected chi connectivity index (χ1v) is 4.68. The molecule has 1 aliphatic carbocycles. The van der Waals surface area contributed by atoms with Crippen LogP contribution in [0.5, 0.6) is 5.75 Å². The van der Waals surface area contributed by atoms with Crippen LogP contribution in [0.1, 0.15) is 12.8 Å². The predicted octanol–water partition coefficient (Wildman–Crippen LogP) is 1.49. The summed E-state index contributed by atoms with van der Waals surface area (Å²) in [7, 11) is 0. The molecule has 1 fully saturated rings. The summed E-state index contributed by atoms with van der Waals surface area (Å²) in [5.74, 6) is 0.279. The zero-order valence-electron chi connectivity index (χ0n) is 7.71. The van der Waals surface area contributed by atoms with Gasteiger partial charge in [-0.2, -0.15) is 0 Å². The molecule has 0 atom stereocenters. The molecule has 1 aromatic carbocycles. The van der Waals surface area contributed by atoms with Gasteiger partial charge >= 0.3 is 0 Å². The van der Waals surface area contributed by atoms with Crippen molar-refractivity contribution in [2.45, 2.75) is 12.8 Å². The van der Waals surface area contributed by atoms with Crippen LogP contribution in [0.2, 0.25) is 0 Å². The quantitative estimate of drug-likeness (QED) is 0.676. The number of rotatable bonds is 0. The lowest BCUT2D eigenvalue weighted by molar-refractivity contribution is 0.476. The van der Waals surface area contributed by atoms with E-state index in [1.54, 1.807) is 12.1 Å². The monoisotopic (exact) mass is 186 g/mol. The van der Waals surface area contributed by atoms with E-state index < -0.39 is 0 Å². The Labute approximate surface area is 80.8 Å². The van der Waals surface area contributed by atoms with Crippen molar-refractivity contribution in [3.63, 3.8) is 0 Å². The van der Waals surface area contributed by atoms with Gasteiger partial charge in [0.15, 0.2) is 0 Å². The number of hydrogen-bond acceptors (Lipinski definition) is 2. The highest BCUT2D eigenvalue weighted by Gasteiger charge is 2.16. The summed E-state index contributed by atoms with van der Waals surface area (Å²) in [6.45, 7) is 3.85. The maximum Gasteiger partial charge on any atom is 0.134 e. The molecular formula is C12H10O2. The molecule has 1 heterocycles. The second-order valence-electron chi connectivity index (χ2n) is 3.69. The average Bonchev–Trinajstić information content (AvgIpc) is 2.93. The second kappa shape index (κ2) is 2.41. The van der Waals surface area contributed by atoms with Crippen molar-refractivity contribution in [1.82, 2.24) is 0 Å². The molecule has 70 valence electrons. The lowest BCUT2D eigenvalue weighted by atomic mass is 10.2. The number of fused-ring (bicyclic) bond motifs is 1. The third-order valence-electron chi connectivity index (χ3n) is 2.59. The van der Waals surface area contributed by atoms with E-state index in [1.807, 2.05) is 6.07 Å². The summed E-state index contributed by atoms with van der Waals surface area (Å²) >= 11 is 0. The molecule has 0 unspecified atom stereocenters. The predicted molar refractivity (Wildman–Crippen MR) is 55.3 cm³/mol. The molecular weight excluding hydrogens is 176 g/mol. The maximum absolute atomic E-state index is 9.39. The summed E-state index contributed by atoms with van der Waals surface area (Å²) in [4.78, 5) is 0. The molecule has 2 heteroatoms. The summed E-state index contributed by atoms with van der Waals surface area (Å²) < 4.78 is 5.58. The first-order valence-electron chi connectivity index (χ1n) is 4.68. The summed E-state index contributed by atoms with van der Waals surface area (Å²) in [6.07, 6.45) is 2.22. The van der Waals surface area contributed by atoms with Gasteiger partial charge in [0.05, 0.1) is 0 Å². The Bertz CT molecular complexity index is 614. The van der Waals surface area contributed by atoms with E-state index in [9.17, 15) is 5.11 Å². The third-order valence-corrected chi connectivity index (χ3v) is 2.59. The topological polar surface area (TPSA) is 33.4 Å². The van der Waals surface area contributed by atoms with Crippen LogP contribution in [-0.2, 0) is 0 Å². The van der Waals surface area contributed by atoms with Crippen LogP contribution < -0.4 is 10.8 Å². The van der Waals surface area contributed by atoms with Gasteiger partial charge in [-0.1, -0.05) is 6.58 Å². The molecule has 1 aliphatic rings. The standard InChI is InChI=1S/C12H10O2/c1-7-10-5-4-9(13)6-11(10)12(14-7)8-2-3-8/h4-6,13H,1-3H2. The normalized spacial score (nSPS) is 15.0. The summed E-state index contributed by atoms with van der Waals surface area (Å²) in [5.41, 5.74) is 2.94. The van der Waals surface area contributed by atoms with Gasteiger partial charge in [-0.3, -0.25) is 0 Å². The fourth-order valence-electron chi connectivity index (χ4n) is 1.75. The van der Waals surface area contributed by atoms with E-state index in [2.05, 4.69) is 6.58 Å². The van der Waals surface area contributed by atoms with Crippen LogP contribution in [0.15, 0.2) is 22.6 Å². The van der Waals surface area contributed by atoms with Crippen LogP contribution in [0, 0.1) is 0 Å². The number of phenols is 1. The molecule has 0 aliphatic heterocycles. The number of benzene rings is 1. The molecule has 0 saturated heterocycles. The second-order valence-corrected chi connectivity index (χ2v) is 3.69. The number of furan rings is 1. The molecule has 0 radical (unpaired) electrons. The fourth-order valence-corrected chi connectivity index (χ4v) is 1.75. The summed E-state index contributed by atoms with van der Waals surface area (Å²) in [5, 5.41) is 11.4. The van der Waals surface area contributed by atoms with Crippen molar-refractivity contribution < 1.29 is 9.52 Å². The zero-order valence-corrected chi connectivity index (χ0v) is 7.71. The van der Waals surface area contributed by atoms with Crippen LogP contribution in [0.4, 0.5) is 0 Å². The lowest BCUT2D eigenvalue weighted by Gasteiger charge is -1.89. The van der Waals surface area contributed by atoms with Crippen molar-refractivity contribution >= 4 is 22.9 Å². The molecule has 14 heavy (non-hydrogen) atoms. The van der Waals surface area contributed by atoms with Gasteiger partial charge in [0.2, 0.25) is 0 Å². The van der Waals surface area contributed by atoms with Crippen molar-refractivity contribution in [2.75, 3.05) is 0 Å². The smallest absolute Gasteiger partial charge is 0.134 e. The zero-order chi connectivity index (χ0) is 9.71. The first kappa shape index (κ1) is 7.68.